The summed E-state index contributed by atoms with van der Waals surface area (Å²) < 4.78 is 11.2. The lowest BCUT2D eigenvalue weighted by atomic mass is 10.0. The Hall–Kier alpha value is -0.0800. The van der Waals surface area contributed by atoms with Gasteiger partial charge in [-0.05, 0) is 33.1 Å². The number of ether oxygens (including phenoxy) is 2. The van der Waals surface area contributed by atoms with Crippen molar-refractivity contribution in [2.45, 2.75) is 58.3 Å². The van der Waals surface area contributed by atoms with Gasteiger partial charge >= 0.3 is 0 Å². The van der Waals surface area contributed by atoms with Gasteiger partial charge in [0.15, 0.2) is 6.29 Å². The van der Waals surface area contributed by atoms with Crippen LogP contribution in [0.25, 0.3) is 0 Å². The molecule has 0 aromatic carbocycles. The summed E-state index contributed by atoms with van der Waals surface area (Å²) in [5.74, 6) is 0. The van der Waals surface area contributed by atoms with Crippen molar-refractivity contribution >= 4 is 0 Å². The topological polar surface area (TPSA) is 18.5 Å². The summed E-state index contributed by atoms with van der Waals surface area (Å²) in [6.45, 7) is 7.30. The van der Waals surface area contributed by atoms with Crippen molar-refractivity contribution in [3.05, 3.63) is 0 Å². The fourth-order valence-electron chi connectivity index (χ4n) is 1.40. The molecule has 0 aromatic rings. The molecule has 72 valence electrons. The number of unbranched alkanes of at least 4 members (excludes halogenated alkanes) is 1. The van der Waals surface area contributed by atoms with Crippen LogP contribution in [0.3, 0.4) is 0 Å². The van der Waals surface area contributed by atoms with E-state index in [1.807, 2.05) is 0 Å². The minimum absolute atomic E-state index is 0.0245. The number of hydrogen-bond donors (Lipinski definition) is 0. The maximum absolute atomic E-state index is 5.75. The second-order valence-corrected chi connectivity index (χ2v) is 4.07. The fraction of sp³-hybridized carbons (Fsp3) is 1.00. The van der Waals surface area contributed by atoms with Gasteiger partial charge in [-0.1, -0.05) is 13.3 Å². The molecule has 1 rings (SSSR count). The first-order chi connectivity index (χ1) is 5.64. The molecule has 1 aliphatic rings. The molecule has 2 nitrogen and oxygen atoms in total. The van der Waals surface area contributed by atoms with E-state index in [1.54, 1.807) is 0 Å². The lowest BCUT2D eigenvalue weighted by Crippen LogP contribution is -2.38. The highest BCUT2D eigenvalue weighted by Crippen LogP contribution is 2.25. The van der Waals surface area contributed by atoms with Gasteiger partial charge in [-0.25, -0.2) is 0 Å². The molecule has 0 spiro atoms. The molecule has 12 heavy (non-hydrogen) atoms. The summed E-state index contributed by atoms with van der Waals surface area (Å²) in [4.78, 5) is 0. The predicted molar refractivity (Wildman–Crippen MR) is 49.0 cm³/mol. The van der Waals surface area contributed by atoms with Gasteiger partial charge in [0.05, 0.1) is 12.2 Å². The van der Waals surface area contributed by atoms with Crippen LogP contribution in [0, 0.1) is 0 Å². The highest BCUT2D eigenvalue weighted by Gasteiger charge is 2.28. The zero-order valence-electron chi connectivity index (χ0n) is 8.43. The number of hydrogen-bond acceptors (Lipinski definition) is 2. The highest BCUT2D eigenvalue weighted by molar-refractivity contribution is 4.72. The van der Waals surface area contributed by atoms with Crippen molar-refractivity contribution in [3.63, 3.8) is 0 Å². The van der Waals surface area contributed by atoms with Gasteiger partial charge in [-0.2, -0.15) is 0 Å². The molecule has 0 radical (unpaired) electrons. The molecule has 0 bridgehead atoms. The fourth-order valence-corrected chi connectivity index (χ4v) is 1.40. The summed E-state index contributed by atoms with van der Waals surface area (Å²) in [5, 5.41) is 0. The molecular formula is C10H20O2. The quantitative estimate of drug-likeness (QED) is 0.651. The molecule has 0 N–H and O–H groups in total. The molecule has 1 saturated heterocycles. The van der Waals surface area contributed by atoms with Crippen molar-refractivity contribution < 1.29 is 9.47 Å². The van der Waals surface area contributed by atoms with Crippen LogP contribution in [-0.2, 0) is 9.47 Å². The lowest BCUT2D eigenvalue weighted by Gasteiger charge is -2.35. The molecule has 2 heteroatoms. The summed E-state index contributed by atoms with van der Waals surface area (Å²) in [7, 11) is 0. The van der Waals surface area contributed by atoms with Crippen molar-refractivity contribution in [3.8, 4) is 0 Å². The highest BCUT2D eigenvalue weighted by atomic mass is 16.7. The zero-order chi connectivity index (χ0) is 9.03. The first kappa shape index (κ1) is 10.0. The molecule has 0 amide bonds. The molecular weight excluding hydrogens is 152 g/mol. The van der Waals surface area contributed by atoms with E-state index in [4.69, 9.17) is 9.47 Å². The van der Waals surface area contributed by atoms with E-state index in [9.17, 15) is 0 Å². The minimum Gasteiger partial charge on any atom is -0.353 e. The second kappa shape index (κ2) is 4.24. The van der Waals surface area contributed by atoms with Gasteiger partial charge in [0.25, 0.3) is 0 Å². The summed E-state index contributed by atoms with van der Waals surface area (Å²) in [5.41, 5.74) is 0.0245. The molecule has 1 aliphatic heterocycles. The molecule has 0 unspecified atom stereocenters. The van der Waals surface area contributed by atoms with Gasteiger partial charge in [0.2, 0.25) is 0 Å². The van der Waals surface area contributed by atoms with Crippen LogP contribution < -0.4 is 0 Å². The third-order valence-corrected chi connectivity index (χ3v) is 2.25. The lowest BCUT2D eigenvalue weighted by molar-refractivity contribution is -0.246. The first-order valence-electron chi connectivity index (χ1n) is 4.93. The molecule has 1 heterocycles. The van der Waals surface area contributed by atoms with Crippen molar-refractivity contribution in [1.82, 2.24) is 0 Å². The molecule has 0 aromatic heterocycles. The summed E-state index contributed by atoms with van der Waals surface area (Å²) >= 11 is 0. The normalized spacial score (nSPS) is 28.8. The Balaban J connectivity index is 2.26. The largest absolute Gasteiger partial charge is 0.353 e. The Morgan fingerprint density at radius 1 is 1.42 bits per heavy atom. The molecule has 0 aliphatic carbocycles. The monoisotopic (exact) mass is 172 g/mol. The standard InChI is InChI=1S/C10H20O2/c1-4-5-6-9-11-8-7-10(2,3)12-9/h9H,4-8H2,1-3H3/t9-/m1/s1. The van der Waals surface area contributed by atoms with Crippen LogP contribution >= 0.6 is 0 Å². The molecule has 1 fully saturated rings. The first-order valence-corrected chi connectivity index (χ1v) is 4.93. The van der Waals surface area contributed by atoms with E-state index >= 15 is 0 Å². The van der Waals surface area contributed by atoms with Crippen molar-refractivity contribution in [2.24, 2.45) is 0 Å². The molecule has 0 saturated carbocycles. The van der Waals surface area contributed by atoms with Gasteiger partial charge < -0.3 is 9.47 Å². The van der Waals surface area contributed by atoms with E-state index in [2.05, 4.69) is 20.8 Å². The Bertz CT molecular complexity index is 132. The van der Waals surface area contributed by atoms with Gasteiger partial charge in [0, 0.05) is 0 Å². The minimum atomic E-state index is 0.0245. The van der Waals surface area contributed by atoms with Gasteiger partial charge in [-0.15, -0.1) is 0 Å². The van der Waals surface area contributed by atoms with E-state index in [0.29, 0.717) is 0 Å². The Morgan fingerprint density at radius 2 is 2.17 bits per heavy atom. The third-order valence-electron chi connectivity index (χ3n) is 2.25. The van der Waals surface area contributed by atoms with E-state index in [1.165, 1.54) is 12.8 Å². The Morgan fingerprint density at radius 3 is 2.75 bits per heavy atom. The van der Waals surface area contributed by atoms with Crippen LogP contribution in [-0.4, -0.2) is 18.5 Å². The van der Waals surface area contributed by atoms with E-state index < -0.39 is 0 Å². The van der Waals surface area contributed by atoms with Crippen LogP contribution in [0.5, 0.6) is 0 Å². The van der Waals surface area contributed by atoms with Gasteiger partial charge in [0.1, 0.15) is 0 Å². The van der Waals surface area contributed by atoms with Crippen LogP contribution in [0.15, 0.2) is 0 Å². The predicted octanol–water partition coefficient (Wildman–Crippen LogP) is 2.72. The Labute approximate surface area is 75.2 Å². The average Bonchev–Trinajstić information content (AvgIpc) is 1.99. The van der Waals surface area contributed by atoms with Crippen molar-refractivity contribution in [2.75, 3.05) is 6.61 Å². The summed E-state index contributed by atoms with van der Waals surface area (Å²) in [6, 6.07) is 0. The van der Waals surface area contributed by atoms with Crippen molar-refractivity contribution in [1.29, 1.82) is 0 Å². The molecule has 1 atom stereocenters. The van der Waals surface area contributed by atoms with Crippen LogP contribution in [0.1, 0.15) is 46.5 Å². The maximum Gasteiger partial charge on any atom is 0.158 e. The average molecular weight is 172 g/mol. The zero-order valence-corrected chi connectivity index (χ0v) is 8.43. The van der Waals surface area contributed by atoms with E-state index in [-0.39, 0.29) is 11.9 Å². The second-order valence-electron chi connectivity index (χ2n) is 4.07. The Kier molecular flexibility index (Phi) is 3.53. The smallest absolute Gasteiger partial charge is 0.158 e. The summed E-state index contributed by atoms with van der Waals surface area (Å²) in [6.07, 6.45) is 4.51. The van der Waals surface area contributed by atoms with Gasteiger partial charge in [-0.3, -0.25) is 0 Å². The van der Waals surface area contributed by atoms with Crippen LogP contribution in [0.2, 0.25) is 0 Å². The van der Waals surface area contributed by atoms with Crippen LogP contribution in [0.4, 0.5) is 0 Å². The third kappa shape index (κ3) is 3.11. The SMILES string of the molecule is CCCC[C@@H]1OCCC(C)(C)O1. The number of rotatable bonds is 3. The van der Waals surface area contributed by atoms with E-state index in [0.717, 1.165) is 19.4 Å². The maximum atomic E-state index is 5.75.